The summed E-state index contributed by atoms with van der Waals surface area (Å²) < 4.78 is 55.3. The number of benzene rings is 2. The summed E-state index contributed by atoms with van der Waals surface area (Å²) in [6.07, 6.45) is 3.33. The van der Waals surface area contributed by atoms with Gasteiger partial charge in [-0.05, 0) is 43.4 Å². The summed E-state index contributed by atoms with van der Waals surface area (Å²) in [7, 11) is -2.16. The van der Waals surface area contributed by atoms with E-state index in [0.717, 1.165) is 48.3 Å². The number of likely N-dealkylation sites (N-methyl/N-ethyl adjacent to an activating group) is 1. The molecule has 0 saturated carbocycles. The Balaban J connectivity index is 1.26. The fourth-order valence-electron chi connectivity index (χ4n) is 5.55. The predicted molar refractivity (Wildman–Crippen MR) is 159 cm³/mol. The number of ketones is 1. The van der Waals surface area contributed by atoms with E-state index >= 15 is 0 Å². The smallest absolute Gasteiger partial charge is 0.257 e. The molecule has 2 aliphatic heterocycles. The minimum absolute atomic E-state index is 0.0755. The van der Waals surface area contributed by atoms with Crippen molar-refractivity contribution < 1.29 is 26.8 Å². The zero-order valence-electron chi connectivity index (χ0n) is 23.9. The van der Waals surface area contributed by atoms with Crippen molar-refractivity contribution in [2.45, 2.75) is 24.3 Å². The van der Waals surface area contributed by atoms with Crippen molar-refractivity contribution >= 4 is 33.1 Å². The van der Waals surface area contributed by atoms with Crippen molar-refractivity contribution in [2.75, 3.05) is 50.0 Å². The highest BCUT2D eigenvalue weighted by molar-refractivity contribution is 7.89. The summed E-state index contributed by atoms with van der Waals surface area (Å²) in [4.78, 5) is 33.5. The van der Waals surface area contributed by atoms with E-state index in [1.807, 2.05) is 6.07 Å². The number of H-pyrrole nitrogens is 2. The number of aromatic amines is 2. The van der Waals surface area contributed by atoms with Gasteiger partial charge in [-0.15, -0.1) is 0 Å². The lowest BCUT2D eigenvalue weighted by molar-refractivity contribution is 0.0992. The summed E-state index contributed by atoms with van der Waals surface area (Å²) in [6.45, 7) is 3.33. The van der Waals surface area contributed by atoms with Crippen LogP contribution in [0, 0.1) is 11.6 Å². The summed E-state index contributed by atoms with van der Waals surface area (Å²) >= 11 is 0. The van der Waals surface area contributed by atoms with Crippen molar-refractivity contribution in [3.63, 3.8) is 0 Å². The maximum absolute atomic E-state index is 13.8. The van der Waals surface area contributed by atoms with Crippen LogP contribution in [0.1, 0.15) is 37.7 Å². The molecule has 44 heavy (non-hydrogen) atoms. The average molecular weight is 624 g/mol. The minimum Gasteiger partial charge on any atom is -0.369 e. The number of Topliss-reactive ketones (excluding diaryl/α,β-unsaturated/α-hetero) is 1. The van der Waals surface area contributed by atoms with E-state index in [9.17, 15) is 26.8 Å². The van der Waals surface area contributed by atoms with E-state index in [-0.39, 0.29) is 37.6 Å². The summed E-state index contributed by atoms with van der Waals surface area (Å²) in [6, 6.07) is 9.16. The molecule has 4 heterocycles. The Bertz CT molecular complexity index is 1800. The summed E-state index contributed by atoms with van der Waals surface area (Å²) in [5.41, 5.74) is 3.54. The van der Waals surface area contributed by atoms with Crippen LogP contribution in [0.2, 0.25) is 0 Å². The number of fused-ring (bicyclic) bond motifs is 1. The molecule has 1 amide bonds. The fourth-order valence-corrected chi connectivity index (χ4v) is 7.01. The van der Waals surface area contributed by atoms with E-state index in [2.05, 4.69) is 37.3 Å². The van der Waals surface area contributed by atoms with Gasteiger partial charge in [0.15, 0.2) is 5.78 Å². The molecule has 2 aliphatic rings. The Morgan fingerprint density at radius 3 is 2.45 bits per heavy atom. The number of rotatable bonds is 8. The molecule has 0 radical (unpaired) electrons. The number of amides is 1. The topological polar surface area (TPSA) is 134 Å². The standard InChI is InChI=1S/C30H31F2N7O4S/c1-37-8-10-38(11-9-37)22-2-3-24(27(15-22)34-30(41)19-4-6-33-17-19)29(40)16-28-25-18-39(7-5-26(25)35-36-28)44(42,43)23-13-20(31)12-21(32)14-23/h2-4,6,12-15,17,33H,5,7-11,16,18H2,1H3,(H,34,41)(H,35,36). The van der Waals surface area contributed by atoms with Crippen LogP contribution in [0.25, 0.3) is 0 Å². The molecule has 0 bridgehead atoms. The zero-order valence-corrected chi connectivity index (χ0v) is 24.8. The second kappa shape index (κ2) is 11.9. The van der Waals surface area contributed by atoms with Crippen LogP contribution in [0.15, 0.2) is 59.8 Å². The van der Waals surface area contributed by atoms with E-state index < -0.39 is 26.6 Å². The zero-order chi connectivity index (χ0) is 31.0. The van der Waals surface area contributed by atoms with Crippen molar-refractivity contribution in [2.24, 2.45) is 0 Å². The van der Waals surface area contributed by atoms with Crippen LogP contribution in [0.3, 0.4) is 0 Å². The van der Waals surface area contributed by atoms with E-state index in [1.165, 1.54) is 0 Å². The van der Waals surface area contributed by atoms with Gasteiger partial charge in [0.2, 0.25) is 10.0 Å². The molecule has 6 rings (SSSR count). The number of nitrogens with zero attached hydrogens (tertiary/aromatic N) is 4. The SMILES string of the molecule is CN1CCN(c2ccc(C(=O)Cc3n[nH]c4c3CN(S(=O)(=O)c3cc(F)cc(F)c3)CC4)c(NC(=O)c3cc[nH]c3)c2)CC1. The Kier molecular flexibility index (Phi) is 8.05. The van der Waals surface area contributed by atoms with Gasteiger partial charge in [0.25, 0.3) is 5.91 Å². The molecule has 1 fully saturated rings. The number of aromatic nitrogens is 3. The van der Waals surface area contributed by atoms with Crippen LogP contribution < -0.4 is 10.2 Å². The monoisotopic (exact) mass is 623 g/mol. The van der Waals surface area contributed by atoms with Crippen molar-refractivity contribution in [1.82, 2.24) is 24.4 Å². The first-order chi connectivity index (χ1) is 21.1. The van der Waals surface area contributed by atoms with Gasteiger partial charge in [0, 0.05) is 86.7 Å². The number of anilines is 2. The first-order valence-electron chi connectivity index (χ1n) is 14.1. The number of carbonyl (C=O) groups is 2. The highest BCUT2D eigenvalue weighted by Crippen LogP contribution is 2.30. The molecule has 14 heteroatoms. The molecular formula is C30H31F2N7O4S. The lowest BCUT2D eigenvalue weighted by Gasteiger charge is -2.34. The normalized spacial score (nSPS) is 16.1. The van der Waals surface area contributed by atoms with Gasteiger partial charge in [-0.1, -0.05) is 0 Å². The molecule has 0 aliphatic carbocycles. The molecule has 3 N–H and O–H groups in total. The van der Waals surface area contributed by atoms with Crippen LogP contribution in [0.5, 0.6) is 0 Å². The molecule has 0 atom stereocenters. The van der Waals surface area contributed by atoms with Gasteiger partial charge in [0.05, 0.1) is 28.3 Å². The van der Waals surface area contributed by atoms with Gasteiger partial charge in [-0.3, -0.25) is 14.7 Å². The first-order valence-corrected chi connectivity index (χ1v) is 15.6. The fraction of sp³-hybridized carbons (Fsp3) is 0.300. The Labute approximate surface area is 252 Å². The minimum atomic E-state index is -4.22. The number of hydrogen-bond donors (Lipinski definition) is 3. The number of piperazine rings is 1. The third kappa shape index (κ3) is 6.00. The first kappa shape index (κ1) is 29.7. The Morgan fingerprint density at radius 2 is 1.75 bits per heavy atom. The quantitative estimate of drug-likeness (QED) is 0.257. The third-order valence-corrected chi connectivity index (χ3v) is 9.89. The van der Waals surface area contributed by atoms with Crippen LogP contribution >= 0.6 is 0 Å². The highest BCUT2D eigenvalue weighted by Gasteiger charge is 2.32. The van der Waals surface area contributed by atoms with E-state index in [4.69, 9.17) is 0 Å². The van der Waals surface area contributed by atoms with Gasteiger partial charge in [0.1, 0.15) is 11.6 Å². The van der Waals surface area contributed by atoms with Gasteiger partial charge in [-0.2, -0.15) is 9.40 Å². The second-order valence-electron chi connectivity index (χ2n) is 11.0. The number of halogens is 2. The van der Waals surface area contributed by atoms with Gasteiger partial charge < -0.3 is 20.1 Å². The number of nitrogens with one attached hydrogen (secondary N) is 3. The maximum atomic E-state index is 13.8. The lowest BCUT2D eigenvalue weighted by atomic mass is 9.99. The lowest BCUT2D eigenvalue weighted by Crippen LogP contribution is -2.44. The van der Waals surface area contributed by atoms with Crippen molar-refractivity contribution in [3.8, 4) is 0 Å². The number of hydrogen-bond acceptors (Lipinski definition) is 7. The molecular weight excluding hydrogens is 592 g/mol. The van der Waals surface area contributed by atoms with E-state index in [0.29, 0.717) is 39.8 Å². The third-order valence-electron chi connectivity index (χ3n) is 8.07. The highest BCUT2D eigenvalue weighted by atomic mass is 32.2. The largest absolute Gasteiger partial charge is 0.369 e. The van der Waals surface area contributed by atoms with Crippen LogP contribution in [-0.4, -0.2) is 84.3 Å². The summed E-state index contributed by atoms with van der Waals surface area (Å²) in [5, 5.41) is 10.1. The average Bonchev–Trinajstić information content (AvgIpc) is 3.68. The van der Waals surface area contributed by atoms with Crippen molar-refractivity contribution in [1.29, 1.82) is 0 Å². The second-order valence-corrected chi connectivity index (χ2v) is 12.9. The number of sulfonamides is 1. The van der Waals surface area contributed by atoms with Crippen molar-refractivity contribution in [3.05, 3.63) is 94.6 Å². The van der Waals surface area contributed by atoms with Gasteiger partial charge >= 0.3 is 0 Å². The van der Waals surface area contributed by atoms with Crippen LogP contribution in [-0.2, 0) is 29.4 Å². The Morgan fingerprint density at radius 1 is 1.00 bits per heavy atom. The molecule has 11 nitrogen and oxygen atoms in total. The Hall–Kier alpha value is -4.40. The molecule has 1 saturated heterocycles. The maximum Gasteiger partial charge on any atom is 0.257 e. The molecule has 230 valence electrons. The molecule has 0 spiro atoms. The van der Waals surface area contributed by atoms with Gasteiger partial charge in [-0.25, -0.2) is 17.2 Å². The summed E-state index contributed by atoms with van der Waals surface area (Å²) in [5.74, 6) is -2.67. The van der Waals surface area contributed by atoms with E-state index in [1.54, 1.807) is 30.6 Å². The molecule has 4 aromatic rings. The van der Waals surface area contributed by atoms with Crippen LogP contribution in [0.4, 0.5) is 20.2 Å². The predicted octanol–water partition coefficient (Wildman–Crippen LogP) is 3.19. The molecule has 0 unspecified atom stereocenters. The molecule has 2 aromatic carbocycles. The number of carbonyl (C=O) groups excluding carboxylic acids is 2. The molecule has 2 aromatic heterocycles.